The molecule has 0 unspecified atom stereocenters. The van der Waals surface area contributed by atoms with Crippen LogP contribution in [-0.4, -0.2) is 4.98 Å². The number of alkyl halides is 1. The molecule has 0 radical (unpaired) electrons. The van der Waals surface area contributed by atoms with Gasteiger partial charge in [-0.15, -0.1) is 0 Å². The zero-order chi connectivity index (χ0) is 10.8. The molecule has 2 nitrogen and oxygen atoms in total. The molecule has 2 aromatic rings. The molecule has 0 spiro atoms. The lowest BCUT2D eigenvalue weighted by atomic mass is 10.1. The van der Waals surface area contributed by atoms with Crippen molar-refractivity contribution in [1.29, 1.82) is 0 Å². The van der Waals surface area contributed by atoms with Crippen molar-refractivity contribution in [2.24, 2.45) is 0 Å². The highest BCUT2D eigenvalue weighted by molar-refractivity contribution is 9.08. The first-order valence-corrected chi connectivity index (χ1v) is 5.97. The van der Waals surface area contributed by atoms with Crippen LogP contribution in [0.1, 0.15) is 11.3 Å². The molecule has 0 fully saturated rings. The Labute approximate surface area is 101 Å². The zero-order valence-electron chi connectivity index (χ0n) is 8.13. The Bertz CT molecular complexity index is 481. The van der Waals surface area contributed by atoms with Gasteiger partial charge in [-0.25, -0.2) is 4.98 Å². The number of aryl methyl sites for hydroxylation is 1. The fraction of sp³-hybridized carbons (Fsp3) is 0.182. The Morgan fingerprint density at radius 1 is 1.47 bits per heavy atom. The lowest BCUT2D eigenvalue weighted by Crippen LogP contribution is -1.86. The van der Waals surface area contributed by atoms with Crippen molar-refractivity contribution < 1.29 is 4.42 Å². The van der Waals surface area contributed by atoms with Gasteiger partial charge in [0.05, 0.1) is 5.69 Å². The van der Waals surface area contributed by atoms with Gasteiger partial charge in [0.2, 0.25) is 0 Å². The number of benzene rings is 1. The number of rotatable bonds is 2. The van der Waals surface area contributed by atoms with E-state index >= 15 is 0 Å². The zero-order valence-corrected chi connectivity index (χ0v) is 10.5. The Balaban J connectivity index is 2.54. The molecule has 0 aliphatic heterocycles. The Morgan fingerprint density at radius 3 is 2.93 bits per heavy atom. The molecule has 15 heavy (non-hydrogen) atoms. The van der Waals surface area contributed by atoms with Crippen molar-refractivity contribution >= 4 is 27.5 Å². The molecule has 0 aliphatic carbocycles. The fourth-order valence-electron chi connectivity index (χ4n) is 1.47. The van der Waals surface area contributed by atoms with E-state index in [9.17, 15) is 0 Å². The number of nitrogens with zero attached hydrogens (tertiary/aromatic N) is 1. The standard InChI is InChI=1S/C11H9BrClNO/c1-7-4-8(13)2-3-9(7)11-10(5-12)14-6-15-11/h2-4,6H,5H2,1H3. The van der Waals surface area contributed by atoms with Gasteiger partial charge < -0.3 is 4.42 Å². The summed E-state index contributed by atoms with van der Waals surface area (Å²) in [4.78, 5) is 4.13. The molecule has 0 aliphatic rings. The summed E-state index contributed by atoms with van der Waals surface area (Å²) in [6.45, 7) is 2.00. The molecule has 0 atom stereocenters. The fourth-order valence-corrected chi connectivity index (χ4v) is 2.09. The van der Waals surface area contributed by atoms with E-state index in [-0.39, 0.29) is 0 Å². The normalized spacial score (nSPS) is 10.6. The summed E-state index contributed by atoms with van der Waals surface area (Å²) in [5.74, 6) is 0.807. The molecule has 78 valence electrons. The van der Waals surface area contributed by atoms with E-state index in [2.05, 4.69) is 20.9 Å². The summed E-state index contributed by atoms with van der Waals surface area (Å²) in [5, 5.41) is 1.41. The first-order chi connectivity index (χ1) is 7.22. The van der Waals surface area contributed by atoms with E-state index in [1.165, 1.54) is 6.39 Å². The van der Waals surface area contributed by atoms with Crippen LogP contribution in [-0.2, 0) is 5.33 Å². The summed E-state index contributed by atoms with van der Waals surface area (Å²) in [7, 11) is 0. The van der Waals surface area contributed by atoms with E-state index in [0.29, 0.717) is 5.33 Å². The van der Waals surface area contributed by atoms with Crippen LogP contribution in [0.3, 0.4) is 0 Å². The molecule has 0 saturated heterocycles. The highest BCUT2D eigenvalue weighted by Crippen LogP contribution is 2.29. The molecule has 4 heteroatoms. The summed E-state index contributed by atoms with van der Waals surface area (Å²) in [5.41, 5.74) is 3.02. The molecule has 0 saturated carbocycles. The van der Waals surface area contributed by atoms with Gasteiger partial charge in [0, 0.05) is 15.9 Å². The quantitative estimate of drug-likeness (QED) is 0.773. The minimum absolute atomic E-state index is 0.681. The van der Waals surface area contributed by atoms with Crippen molar-refractivity contribution in [1.82, 2.24) is 4.98 Å². The van der Waals surface area contributed by atoms with Crippen LogP contribution >= 0.6 is 27.5 Å². The van der Waals surface area contributed by atoms with Crippen molar-refractivity contribution in [2.75, 3.05) is 0 Å². The van der Waals surface area contributed by atoms with Crippen LogP contribution in [0, 0.1) is 6.92 Å². The van der Waals surface area contributed by atoms with Crippen LogP contribution in [0.4, 0.5) is 0 Å². The number of aromatic nitrogens is 1. The first-order valence-electron chi connectivity index (χ1n) is 4.47. The molecular weight excluding hydrogens is 277 g/mol. The molecule has 2 rings (SSSR count). The van der Waals surface area contributed by atoms with Gasteiger partial charge in [0.25, 0.3) is 0 Å². The Morgan fingerprint density at radius 2 is 2.27 bits per heavy atom. The largest absolute Gasteiger partial charge is 0.443 e. The van der Waals surface area contributed by atoms with Crippen LogP contribution in [0.2, 0.25) is 5.02 Å². The minimum atomic E-state index is 0.681. The van der Waals surface area contributed by atoms with Gasteiger partial charge in [0.15, 0.2) is 12.2 Å². The maximum Gasteiger partial charge on any atom is 0.181 e. The second-order valence-corrected chi connectivity index (χ2v) is 4.22. The number of hydrogen-bond donors (Lipinski definition) is 0. The third kappa shape index (κ3) is 2.08. The van der Waals surface area contributed by atoms with E-state index < -0.39 is 0 Å². The summed E-state index contributed by atoms with van der Waals surface area (Å²) >= 11 is 9.27. The second kappa shape index (κ2) is 4.37. The monoisotopic (exact) mass is 285 g/mol. The third-order valence-corrected chi connectivity index (χ3v) is 2.97. The lowest BCUT2D eigenvalue weighted by molar-refractivity contribution is 0.571. The average molecular weight is 287 g/mol. The molecule has 1 heterocycles. The highest BCUT2D eigenvalue weighted by Gasteiger charge is 2.11. The maximum atomic E-state index is 5.90. The van der Waals surface area contributed by atoms with Crippen LogP contribution in [0.25, 0.3) is 11.3 Å². The maximum absolute atomic E-state index is 5.90. The average Bonchev–Trinajstić information content (AvgIpc) is 2.65. The van der Waals surface area contributed by atoms with Crippen LogP contribution in [0.15, 0.2) is 29.0 Å². The molecule has 0 bridgehead atoms. The number of hydrogen-bond acceptors (Lipinski definition) is 2. The van der Waals surface area contributed by atoms with Crippen molar-refractivity contribution in [3.05, 3.63) is 40.9 Å². The first kappa shape index (κ1) is 10.7. The van der Waals surface area contributed by atoms with Gasteiger partial charge in [-0.2, -0.15) is 0 Å². The van der Waals surface area contributed by atoms with Crippen LogP contribution in [0.5, 0.6) is 0 Å². The highest BCUT2D eigenvalue weighted by atomic mass is 79.9. The molecule has 1 aromatic carbocycles. The predicted molar refractivity (Wildman–Crippen MR) is 64.3 cm³/mol. The third-order valence-electron chi connectivity index (χ3n) is 2.20. The molecule has 0 N–H and O–H groups in total. The van der Waals surface area contributed by atoms with E-state index in [0.717, 1.165) is 27.6 Å². The minimum Gasteiger partial charge on any atom is -0.443 e. The van der Waals surface area contributed by atoms with E-state index in [1.807, 2.05) is 25.1 Å². The van der Waals surface area contributed by atoms with Gasteiger partial charge in [-0.05, 0) is 30.7 Å². The number of oxazole rings is 1. The van der Waals surface area contributed by atoms with E-state index in [1.54, 1.807) is 0 Å². The van der Waals surface area contributed by atoms with Gasteiger partial charge in [-0.3, -0.25) is 0 Å². The molecular formula is C11H9BrClNO. The SMILES string of the molecule is Cc1cc(Cl)ccc1-c1ocnc1CBr. The summed E-state index contributed by atoms with van der Waals surface area (Å²) in [6.07, 6.45) is 1.46. The molecule has 0 amide bonds. The smallest absolute Gasteiger partial charge is 0.181 e. The van der Waals surface area contributed by atoms with Crippen molar-refractivity contribution in [2.45, 2.75) is 12.3 Å². The predicted octanol–water partition coefficient (Wildman–Crippen LogP) is 4.20. The lowest BCUT2D eigenvalue weighted by Gasteiger charge is -2.03. The Hall–Kier alpha value is -0.800. The summed E-state index contributed by atoms with van der Waals surface area (Å²) < 4.78 is 5.38. The Kier molecular flexibility index (Phi) is 3.12. The van der Waals surface area contributed by atoms with Crippen molar-refractivity contribution in [3.8, 4) is 11.3 Å². The summed E-state index contributed by atoms with van der Waals surface area (Å²) in [6, 6.07) is 5.71. The van der Waals surface area contributed by atoms with Crippen LogP contribution < -0.4 is 0 Å². The van der Waals surface area contributed by atoms with E-state index in [4.69, 9.17) is 16.0 Å². The topological polar surface area (TPSA) is 26.0 Å². The van der Waals surface area contributed by atoms with Crippen molar-refractivity contribution in [3.63, 3.8) is 0 Å². The van der Waals surface area contributed by atoms with Gasteiger partial charge in [0.1, 0.15) is 0 Å². The second-order valence-electron chi connectivity index (χ2n) is 3.22. The number of halogens is 2. The molecule has 1 aromatic heterocycles. The van der Waals surface area contributed by atoms with Gasteiger partial charge >= 0.3 is 0 Å². The van der Waals surface area contributed by atoms with Gasteiger partial charge in [-0.1, -0.05) is 27.5 Å².